The van der Waals surface area contributed by atoms with Crippen LogP contribution in [0, 0.1) is 6.92 Å². The normalized spacial score (nSPS) is 10.4. The van der Waals surface area contributed by atoms with Gasteiger partial charge in [-0.3, -0.25) is 0 Å². The molecule has 21 heavy (non-hydrogen) atoms. The minimum atomic E-state index is 0.666. The Labute approximate surface area is 127 Å². The molecule has 2 N–H and O–H groups in total. The van der Waals surface area contributed by atoms with Crippen LogP contribution in [0.5, 0.6) is 0 Å². The van der Waals surface area contributed by atoms with Gasteiger partial charge >= 0.3 is 0 Å². The molecule has 0 aliphatic rings. The molecule has 0 unspecified atom stereocenters. The number of hydrogen-bond acceptors (Lipinski definition) is 4. The summed E-state index contributed by atoms with van der Waals surface area (Å²) in [4.78, 5) is 8.75. The van der Waals surface area contributed by atoms with Crippen molar-refractivity contribution in [3.8, 4) is 0 Å². The van der Waals surface area contributed by atoms with Gasteiger partial charge in [0, 0.05) is 19.3 Å². The summed E-state index contributed by atoms with van der Waals surface area (Å²) in [5.41, 5.74) is 2.54. The molecule has 112 valence electrons. The van der Waals surface area contributed by atoms with Crippen LogP contribution in [0.25, 0.3) is 0 Å². The average Bonchev–Trinajstić information content (AvgIpc) is 2.51. The van der Waals surface area contributed by atoms with E-state index in [0.717, 1.165) is 18.9 Å². The average molecular weight is 284 g/mol. The molecular weight excluding hydrogens is 260 g/mol. The SMILES string of the molecule is CCCCCNc1ccnc(NCc2ccccc2C)n1. The molecular formula is C17H24N4. The van der Waals surface area contributed by atoms with Gasteiger partial charge in [0.15, 0.2) is 0 Å². The Morgan fingerprint density at radius 2 is 1.90 bits per heavy atom. The highest BCUT2D eigenvalue weighted by atomic mass is 15.1. The Morgan fingerprint density at radius 3 is 2.71 bits per heavy atom. The summed E-state index contributed by atoms with van der Waals surface area (Å²) in [5.74, 6) is 1.55. The third kappa shape index (κ3) is 5.06. The second-order valence-corrected chi connectivity index (χ2v) is 5.18. The summed E-state index contributed by atoms with van der Waals surface area (Å²) in [5, 5.41) is 6.62. The molecule has 0 aliphatic carbocycles. The smallest absolute Gasteiger partial charge is 0.224 e. The van der Waals surface area contributed by atoms with Gasteiger partial charge in [-0.1, -0.05) is 44.0 Å². The summed E-state index contributed by atoms with van der Waals surface area (Å²) in [6.07, 6.45) is 5.44. The maximum atomic E-state index is 4.48. The molecule has 0 bridgehead atoms. The standard InChI is InChI=1S/C17H24N4/c1-3-4-7-11-18-16-10-12-19-17(21-16)20-13-15-9-6-5-8-14(15)2/h5-6,8-10,12H,3-4,7,11,13H2,1-2H3,(H2,18,19,20,21). The minimum absolute atomic E-state index is 0.666. The molecule has 1 aromatic heterocycles. The van der Waals surface area contributed by atoms with E-state index in [1.54, 1.807) is 6.20 Å². The van der Waals surface area contributed by atoms with Gasteiger partial charge in [-0.15, -0.1) is 0 Å². The first-order valence-corrected chi connectivity index (χ1v) is 7.65. The molecule has 1 aromatic carbocycles. The van der Waals surface area contributed by atoms with E-state index in [1.165, 1.54) is 30.4 Å². The summed E-state index contributed by atoms with van der Waals surface area (Å²) in [7, 11) is 0. The molecule has 4 heteroatoms. The monoisotopic (exact) mass is 284 g/mol. The van der Waals surface area contributed by atoms with Crippen molar-refractivity contribution in [2.75, 3.05) is 17.2 Å². The lowest BCUT2D eigenvalue weighted by Gasteiger charge is -2.09. The highest BCUT2D eigenvalue weighted by Crippen LogP contribution is 2.11. The van der Waals surface area contributed by atoms with E-state index in [4.69, 9.17) is 0 Å². The number of aryl methyl sites for hydroxylation is 1. The van der Waals surface area contributed by atoms with Crippen LogP contribution in [0.15, 0.2) is 36.5 Å². The molecule has 4 nitrogen and oxygen atoms in total. The fourth-order valence-electron chi connectivity index (χ4n) is 2.12. The van der Waals surface area contributed by atoms with Gasteiger partial charge in [-0.25, -0.2) is 4.98 Å². The zero-order valence-corrected chi connectivity index (χ0v) is 12.9. The Balaban J connectivity index is 1.87. The van der Waals surface area contributed by atoms with Gasteiger partial charge in [0.05, 0.1) is 0 Å². The molecule has 0 aliphatic heterocycles. The van der Waals surface area contributed by atoms with Crippen molar-refractivity contribution in [3.63, 3.8) is 0 Å². The zero-order chi connectivity index (χ0) is 14.9. The van der Waals surface area contributed by atoms with Crippen LogP contribution < -0.4 is 10.6 Å². The Morgan fingerprint density at radius 1 is 1.05 bits per heavy atom. The Kier molecular flexibility index (Phi) is 6.00. The van der Waals surface area contributed by atoms with Gasteiger partial charge in [-0.05, 0) is 30.5 Å². The van der Waals surface area contributed by atoms with E-state index >= 15 is 0 Å². The fraction of sp³-hybridized carbons (Fsp3) is 0.412. The number of anilines is 2. The van der Waals surface area contributed by atoms with E-state index in [0.29, 0.717) is 5.95 Å². The number of nitrogens with zero attached hydrogens (tertiary/aromatic N) is 2. The minimum Gasteiger partial charge on any atom is -0.370 e. The fourth-order valence-corrected chi connectivity index (χ4v) is 2.12. The highest BCUT2D eigenvalue weighted by molar-refractivity contribution is 5.40. The number of unbranched alkanes of at least 4 members (excludes halogenated alkanes) is 2. The summed E-state index contributed by atoms with van der Waals surface area (Å²) in [6, 6.07) is 10.2. The summed E-state index contributed by atoms with van der Waals surface area (Å²) in [6.45, 7) is 6.02. The van der Waals surface area contributed by atoms with E-state index in [9.17, 15) is 0 Å². The van der Waals surface area contributed by atoms with Crippen LogP contribution in [-0.2, 0) is 6.54 Å². The van der Waals surface area contributed by atoms with Crippen molar-refractivity contribution in [1.29, 1.82) is 0 Å². The lowest BCUT2D eigenvalue weighted by Crippen LogP contribution is -2.08. The van der Waals surface area contributed by atoms with Gasteiger partial charge in [0.1, 0.15) is 5.82 Å². The third-order valence-electron chi connectivity index (χ3n) is 3.44. The van der Waals surface area contributed by atoms with E-state index in [-0.39, 0.29) is 0 Å². The van der Waals surface area contributed by atoms with Gasteiger partial charge in [0.25, 0.3) is 0 Å². The van der Waals surface area contributed by atoms with E-state index in [1.807, 2.05) is 6.07 Å². The van der Waals surface area contributed by atoms with E-state index in [2.05, 4.69) is 58.7 Å². The molecule has 0 radical (unpaired) electrons. The second-order valence-electron chi connectivity index (χ2n) is 5.18. The third-order valence-corrected chi connectivity index (χ3v) is 3.44. The van der Waals surface area contributed by atoms with Crippen LogP contribution in [-0.4, -0.2) is 16.5 Å². The maximum absolute atomic E-state index is 4.48. The quantitative estimate of drug-likeness (QED) is 0.719. The predicted molar refractivity (Wildman–Crippen MR) is 88.6 cm³/mol. The van der Waals surface area contributed by atoms with Crippen LogP contribution in [0.2, 0.25) is 0 Å². The van der Waals surface area contributed by atoms with Gasteiger partial charge in [-0.2, -0.15) is 4.98 Å². The van der Waals surface area contributed by atoms with Crippen molar-refractivity contribution in [3.05, 3.63) is 47.7 Å². The molecule has 0 fully saturated rings. The van der Waals surface area contributed by atoms with Crippen molar-refractivity contribution in [1.82, 2.24) is 9.97 Å². The van der Waals surface area contributed by atoms with Crippen LogP contribution in [0.4, 0.5) is 11.8 Å². The Bertz CT molecular complexity index is 554. The molecule has 0 atom stereocenters. The lowest BCUT2D eigenvalue weighted by atomic mass is 10.1. The first-order valence-electron chi connectivity index (χ1n) is 7.65. The largest absolute Gasteiger partial charge is 0.370 e. The topological polar surface area (TPSA) is 49.8 Å². The number of benzene rings is 1. The number of hydrogen-bond donors (Lipinski definition) is 2. The van der Waals surface area contributed by atoms with Crippen molar-refractivity contribution in [2.24, 2.45) is 0 Å². The predicted octanol–water partition coefficient (Wildman–Crippen LogP) is 4.00. The summed E-state index contributed by atoms with van der Waals surface area (Å²) >= 11 is 0. The molecule has 2 rings (SSSR count). The highest BCUT2D eigenvalue weighted by Gasteiger charge is 2.01. The lowest BCUT2D eigenvalue weighted by molar-refractivity contribution is 0.742. The van der Waals surface area contributed by atoms with E-state index < -0.39 is 0 Å². The van der Waals surface area contributed by atoms with Crippen LogP contribution in [0.3, 0.4) is 0 Å². The Hall–Kier alpha value is -2.10. The molecule has 0 spiro atoms. The number of rotatable bonds is 8. The van der Waals surface area contributed by atoms with Crippen LogP contribution >= 0.6 is 0 Å². The van der Waals surface area contributed by atoms with Gasteiger partial charge in [0.2, 0.25) is 5.95 Å². The van der Waals surface area contributed by atoms with Crippen LogP contribution in [0.1, 0.15) is 37.3 Å². The first kappa shape index (κ1) is 15.3. The molecule has 2 aromatic rings. The van der Waals surface area contributed by atoms with Crippen molar-refractivity contribution in [2.45, 2.75) is 39.7 Å². The number of aromatic nitrogens is 2. The molecule has 0 saturated heterocycles. The maximum Gasteiger partial charge on any atom is 0.224 e. The van der Waals surface area contributed by atoms with Crippen molar-refractivity contribution >= 4 is 11.8 Å². The first-order chi connectivity index (χ1) is 10.3. The van der Waals surface area contributed by atoms with Crippen molar-refractivity contribution < 1.29 is 0 Å². The number of nitrogens with one attached hydrogen (secondary N) is 2. The zero-order valence-electron chi connectivity index (χ0n) is 12.9. The summed E-state index contributed by atoms with van der Waals surface area (Å²) < 4.78 is 0. The molecule has 0 saturated carbocycles. The molecule has 0 amide bonds. The molecule has 1 heterocycles. The second kappa shape index (κ2) is 8.25. The van der Waals surface area contributed by atoms with Gasteiger partial charge < -0.3 is 10.6 Å².